The Morgan fingerprint density at radius 2 is 2.50 bits per heavy atom. The minimum Gasteiger partial charge on any atom is -0.463 e. The molecule has 0 aliphatic carbocycles. The number of carbonyl (C=O) groups is 1. The van der Waals surface area contributed by atoms with Crippen molar-refractivity contribution in [3.63, 3.8) is 0 Å². The zero-order chi connectivity index (χ0) is 9.97. The number of hydrogen-bond donors (Lipinski definition) is 1. The van der Waals surface area contributed by atoms with Gasteiger partial charge in [0, 0.05) is 0 Å². The van der Waals surface area contributed by atoms with Crippen LogP contribution in [0.15, 0.2) is 18.2 Å². The maximum atomic E-state index is 9.98. The topological polar surface area (TPSA) is 55.8 Å². The predicted octanol–water partition coefficient (Wildman–Crippen LogP) is -0.423. The van der Waals surface area contributed by atoms with Crippen molar-refractivity contribution >= 4 is 19.1 Å². The Morgan fingerprint density at radius 3 is 3.29 bits per heavy atom. The second kappa shape index (κ2) is 3.81. The fourth-order valence-electron chi connectivity index (χ4n) is 1.48. The molecule has 1 aromatic rings. The van der Waals surface area contributed by atoms with Crippen molar-refractivity contribution in [3.05, 3.63) is 29.3 Å². The predicted molar refractivity (Wildman–Crippen MR) is 49.7 cm³/mol. The van der Waals surface area contributed by atoms with Crippen molar-refractivity contribution in [3.8, 4) is 0 Å². The van der Waals surface area contributed by atoms with Crippen molar-refractivity contribution in [2.24, 2.45) is 0 Å². The second-order valence-corrected chi connectivity index (χ2v) is 3.10. The van der Waals surface area contributed by atoms with E-state index in [0.29, 0.717) is 13.1 Å². The van der Waals surface area contributed by atoms with Crippen LogP contribution in [-0.4, -0.2) is 18.6 Å². The molecule has 5 heteroatoms. The van der Waals surface area contributed by atoms with Crippen molar-refractivity contribution in [2.45, 2.75) is 13.2 Å². The molecule has 72 valence electrons. The van der Waals surface area contributed by atoms with E-state index in [1.807, 2.05) is 12.1 Å². The van der Waals surface area contributed by atoms with Crippen LogP contribution in [0.4, 0.5) is 0 Å². The van der Waals surface area contributed by atoms with Crippen LogP contribution in [0.2, 0.25) is 0 Å². The van der Waals surface area contributed by atoms with Crippen molar-refractivity contribution in [1.82, 2.24) is 0 Å². The summed E-state index contributed by atoms with van der Waals surface area (Å²) >= 11 is 0. The molecule has 0 spiro atoms. The van der Waals surface area contributed by atoms with Crippen LogP contribution in [0.1, 0.15) is 11.1 Å². The number of hydrogen-bond acceptors (Lipinski definition) is 4. The molecule has 1 heterocycles. The highest BCUT2D eigenvalue weighted by Gasteiger charge is 2.26. The van der Waals surface area contributed by atoms with Crippen molar-refractivity contribution in [2.75, 3.05) is 0 Å². The van der Waals surface area contributed by atoms with E-state index in [4.69, 9.17) is 4.65 Å². The third-order valence-corrected chi connectivity index (χ3v) is 2.19. The maximum absolute atomic E-state index is 9.98. The van der Waals surface area contributed by atoms with Crippen LogP contribution in [0.25, 0.3) is 0 Å². The van der Waals surface area contributed by atoms with Gasteiger partial charge in [-0.2, -0.15) is 0 Å². The lowest BCUT2D eigenvalue weighted by Gasteiger charge is -2.02. The summed E-state index contributed by atoms with van der Waals surface area (Å²) in [5, 5.41) is 9.40. The molecule has 0 saturated carbocycles. The molecule has 1 aromatic carbocycles. The fourth-order valence-corrected chi connectivity index (χ4v) is 1.48. The van der Waals surface area contributed by atoms with E-state index in [-0.39, 0.29) is 6.61 Å². The van der Waals surface area contributed by atoms with Crippen molar-refractivity contribution < 1.29 is 19.2 Å². The molecular weight excluding hydrogens is 183 g/mol. The average Bonchev–Trinajstić information content (AvgIpc) is 2.57. The van der Waals surface area contributed by atoms with Crippen molar-refractivity contribution in [1.29, 1.82) is 0 Å². The van der Waals surface area contributed by atoms with Gasteiger partial charge in [-0.1, -0.05) is 18.2 Å². The van der Waals surface area contributed by atoms with Gasteiger partial charge < -0.3 is 14.4 Å². The molecule has 0 atom stereocenters. The number of benzene rings is 1. The smallest absolute Gasteiger partial charge is 0.463 e. The Hall–Kier alpha value is -1.33. The van der Waals surface area contributed by atoms with E-state index in [1.54, 1.807) is 6.07 Å². The van der Waals surface area contributed by atoms with E-state index in [0.717, 1.165) is 16.6 Å². The number of ether oxygens (including phenoxy) is 1. The quantitative estimate of drug-likeness (QED) is 0.521. The van der Waals surface area contributed by atoms with Gasteiger partial charge in [-0.15, -0.1) is 0 Å². The molecule has 4 nitrogen and oxygen atoms in total. The standard InChI is InChI=1S/C9H9BO4/c11-6-13-4-7-1-2-8-5-14-10(12)9(8)3-7/h1-3,6,12H,4-5H2. The molecule has 2 rings (SSSR count). The Bertz CT molecular complexity index is 353. The Labute approximate surface area is 81.6 Å². The van der Waals surface area contributed by atoms with Crippen LogP contribution in [0.3, 0.4) is 0 Å². The zero-order valence-electron chi connectivity index (χ0n) is 7.47. The van der Waals surface area contributed by atoms with E-state index >= 15 is 0 Å². The molecule has 1 N–H and O–H groups in total. The first-order chi connectivity index (χ1) is 6.81. The molecule has 0 bridgehead atoms. The van der Waals surface area contributed by atoms with E-state index < -0.39 is 7.12 Å². The van der Waals surface area contributed by atoms with Gasteiger partial charge in [0.2, 0.25) is 0 Å². The summed E-state index contributed by atoms with van der Waals surface area (Å²) in [7, 11) is -0.846. The monoisotopic (exact) mass is 192 g/mol. The SMILES string of the molecule is O=COCc1ccc2c(c1)B(O)OC2. The summed E-state index contributed by atoms with van der Waals surface area (Å²) in [6, 6.07) is 5.51. The highest BCUT2D eigenvalue weighted by molar-refractivity contribution is 6.61. The van der Waals surface area contributed by atoms with Crippen LogP contribution < -0.4 is 5.46 Å². The lowest BCUT2D eigenvalue weighted by atomic mass is 9.79. The Morgan fingerprint density at radius 1 is 1.64 bits per heavy atom. The zero-order valence-corrected chi connectivity index (χ0v) is 7.47. The molecule has 0 amide bonds. The van der Waals surface area contributed by atoms with Gasteiger partial charge in [0.15, 0.2) is 0 Å². The molecule has 0 radical (unpaired) electrons. The normalized spacial score (nSPS) is 13.9. The molecule has 14 heavy (non-hydrogen) atoms. The Balaban J connectivity index is 2.21. The molecule has 0 aromatic heterocycles. The third kappa shape index (κ3) is 1.64. The molecule has 1 aliphatic rings. The molecule has 1 aliphatic heterocycles. The summed E-state index contributed by atoms with van der Waals surface area (Å²) in [6.07, 6.45) is 0. The van der Waals surface area contributed by atoms with Gasteiger partial charge in [-0.25, -0.2) is 0 Å². The lowest BCUT2D eigenvalue weighted by Crippen LogP contribution is -2.28. The number of carbonyl (C=O) groups excluding carboxylic acids is 1. The first-order valence-electron chi connectivity index (χ1n) is 4.28. The van der Waals surface area contributed by atoms with Gasteiger partial charge in [-0.05, 0) is 16.6 Å². The Kier molecular flexibility index (Phi) is 2.52. The van der Waals surface area contributed by atoms with Gasteiger partial charge in [0.25, 0.3) is 6.47 Å². The fraction of sp³-hybridized carbons (Fsp3) is 0.222. The first kappa shape index (κ1) is 9.24. The van der Waals surface area contributed by atoms with Gasteiger partial charge >= 0.3 is 7.12 Å². The van der Waals surface area contributed by atoms with Gasteiger partial charge in [0.05, 0.1) is 6.61 Å². The lowest BCUT2D eigenvalue weighted by molar-refractivity contribution is -0.129. The highest BCUT2D eigenvalue weighted by atomic mass is 16.5. The molecular formula is C9H9BO4. The molecule has 0 fully saturated rings. The van der Waals surface area contributed by atoms with Crippen LogP contribution in [0, 0.1) is 0 Å². The third-order valence-electron chi connectivity index (χ3n) is 2.19. The average molecular weight is 192 g/mol. The van der Waals surface area contributed by atoms with E-state index in [9.17, 15) is 9.82 Å². The largest absolute Gasteiger partial charge is 0.491 e. The maximum Gasteiger partial charge on any atom is 0.491 e. The summed E-state index contributed by atoms with van der Waals surface area (Å²) in [6.45, 7) is 1.06. The van der Waals surface area contributed by atoms with Crippen LogP contribution in [-0.2, 0) is 27.4 Å². The van der Waals surface area contributed by atoms with E-state index in [1.165, 1.54) is 0 Å². The summed E-state index contributed by atoms with van der Waals surface area (Å²) in [5.74, 6) is 0. The molecule has 0 unspecified atom stereocenters. The number of rotatable bonds is 3. The van der Waals surface area contributed by atoms with Crippen LogP contribution in [0.5, 0.6) is 0 Å². The minimum atomic E-state index is -0.846. The first-order valence-corrected chi connectivity index (χ1v) is 4.28. The summed E-state index contributed by atoms with van der Waals surface area (Å²) < 4.78 is 9.64. The second-order valence-electron chi connectivity index (χ2n) is 3.10. The van der Waals surface area contributed by atoms with Gasteiger partial charge in [0.1, 0.15) is 6.61 Å². The molecule has 0 saturated heterocycles. The highest BCUT2D eigenvalue weighted by Crippen LogP contribution is 2.11. The number of fused-ring (bicyclic) bond motifs is 1. The summed E-state index contributed by atoms with van der Waals surface area (Å²) in [4.78, 5) is 9.98. The van der Waals surface area contributed by atoms with E-state index in [2.05, 4.69) is 4.74 Å². The van der Waals surface area contributed by atoms with Gasteiger partial charge in [-0.3, -0.25) is 4.79 Å². The minimum absolute atomic E-state index is 0.226. The van der Waals surface area contributed by atoms with Crippen LogP contribution >= 0.6 is 0 Å². The summed E-state index contributed by atoms with van der Waals surface area (Å²) in [5.41, 5.74) is 2.59.